The van der Waals surface area contributed by atoms with E-state index in [1.54, 1.807) is 11.3 Å². The van der Waals surface area contributed by atoms with Crippen LogP contribution in [0, 0.1) is 0 Å². The maximum atomic E-state index is 5.39. The van der Waals surface area contributed by atoms with Crippen molar-refractivity contribution in [3.8, 4) is 0 Å². The van der Waals surface area contributed by atoms with E-state index in [4.69, 9.17) is 5.73 Å². The molecular weight excluding hydrogens is 194 g/mol. The van der Waals surface area contributed by atoms with Gasteiger partial charge in [-0.25, -0.2) is 4.98 Å². The van der Waals surface area contributed by atoms with Crippen LogP contribution in [0.1, 0.15) is 31.5 Å². The van der Waals surface area contributed by atoms with Gasteiger partial charge < -0.3 is 11.1 Å². The molecule has 0 aliphatic carbocycles. The molecule has 0 radical (unpaired) electrons. The highest BCUT2D eigenvalue weighted by molar-refractivity contribution is 7.09. The third-order valence-electron chi connectivity index (χ3n) is 1.82. The molecule has 3 N–H and O–H groups in total. The molecule has 1 rings (SSSR count). The monoisotopic (exact) mass is 213 g/mol. The van der Waals surface area contributed by atoms with Crippen molar-refractivity contribution in [2.24, 2.45) is 5.73 Å². The van der Waals surface area contributed by atoms with Gasteiger partial charge in [0.2, 0.25) is 0 Å². The molecule has 4 heteroatoms. The van der Waals surface area contributed by atoms with Crippen LogP contribution in [0.15, 0.2) is 5.38 Å². The fourth-order valence-electron chi connectivity index (χ4n) is 1.05. The van der Waals surface area contributed by atoms with Crippen LogP contribution in [0.2, 0.25) is 0 Å². The van der Waals surface area contributed by atoms with Gasteiger partial charge in [0.15, 0.2) is 0 Å². The first kappa shape index (κ1) is 11.6. The maximum absolute atomic E-state index is 5.39. The summed E-state index contributed by atoms with van der Waals surface area (Å²) in [4.78, 5) is 4.57. The van der Waals surface area contributed by atoms with Crippen molar-refractivity contribution < 1.29 is 0 Å². The van der Waals surface area contributed by atoms with E-state index >= 15 is 0 Å². The first-order valence-corrected chi connectivity index (χ1v) is 5.77. The lowest BCUT2D eigenvalue weighted by atomic mass is 9.98. The van der Waals surface area contributed by atoms with E-state index in [9.17, 15) is 0 Å². The molecule has 0 saturated heterocycles. The summed E-state index contributed by atoms with van der Waals surface area (Å²) in [5, 5.41) is 6.55. The normalized spacial score (nSPS) is 12.0. The van der Waals surface area contributed by atoms with E-state index in [0.717, 1.165) is 18.8 Å². The summed E-state index contributed by atoms with van der Waals surface area (Å²) in [7, 11) is 0. The summed E-state index contributed by atoms with van der Waals surface area (Å²) in [6.07, 6.45) is 0. The van der Waals surface area contributed by atoms with E-state index in [-0.39, 0.29) is 5.41 Å². The fraction of sp³-hybridized carbons (Fsp3) is 0.700. The Kier molecular flexibility index (Phi) is 4.04. The number of rotatable bonds is 4. The number of hydrogen-bond donors (Lipinski definition) is 2. The van der Waals surface area contributed by atoms with Gasteiger partial charge in [-0.15, -0.1) is 11.3 Å². The van der Waals surface area contributed by atoms with Crippen LogP contribution in [0.4, 0.5) is 0 Å². The maximum Gasteiger partial charge on any atom is 0.0982 e. The van der Waals surface area contributed by atoms with Crippen molar-refractivity contribution in [1.82, 2.24) is 10.3 Å². The molecule has 0 aliphatic heterocycles. The highest BCUT2D eigenvalue weighted by atomic mass is 32.1. The van der Waals surface area contributed by atoms with Crippen LogP contribution in [0.25, 0.3) is 0 Å². The molecule has 0 fully saturated rings. The Morgan fingerprint density at radius 3 is 2.71 bits per heavy atom. The van der Waals surface area contributed by atoms with Gasteiger partial charge in [0, 0.05) is 30.4 Å². The minimum atomic E-state index is 0.163. The third-order valence-corrected chi connectivity index (χ3v) is 3.14. The average Bonchev–Trinajstić information content (AvgIpc) is 2.52. The zero-order valence-electron chi connectivity index (χ0n) is 9.13. The van der Waals surface area contributed by atoms with Crippen LogP contribution < -0.4 is 11.1 Å². The molecule has 1 aromatic heterocycles. The molecule has 0 saturated carbocycles. The van der Waals surface area contributed by atoms with Crippen molar-refractivity contribution in [3.63, 3.8) is 0 Å². The number of nitrogens with zero attached hydrogens (tertiary/aromatic N) is 1. The summed E-state index contributed by atoms with van der Waals surface area (Å²) >= 11 is 1.73. The number of nitrogens with one attached hydrogen (secondary N) is 1. The Morgan fingerprint density at radius 2 is 2.21 bits per heavy atom. The molecule has 0 amide bonds. The lowest BCUT2D eigenvalue weighted by molar-refractivity contribution is 0.580. The molecule has 0 atom stereocenters. The highest BCUT2D eigenvalue weighted by Gasteiger charge is 2.17. The number of nitrogens with two attached hydrogens (primary N) is 1. The van der Waals surface area contributed by atoms with Gasteiger partial charge in [0.05, 0.1) is 10.7 Å². The van der Waals surface area contributed by atoms with Gasteiger partial charge >= 0.3 is 0 Å². The minimum absolute atomic E-state index is 0.163. The van der Waals surface area contributed by atoms with Gasteiger partial charge in [0.1, 0.15) is 0 Å². The zero-order chi connectivity index (χ0) is 10.6. The molecule has 1 heterocycles. The summed E-state index contributed by atoms with van der Waals surface area (Å²) in [6, 6.07) is 0. The first-order chi connectivity index (χ1) is 6.54. The van der Waals surface area contributed by atoms with E-state index in [2.05, 4.69) is 36.5 Å². The Morgan fingerprint density at radius 1 is 1.50 bits per heavy atom. The molecule has 0 aliphatic rings. The second-order valence-corrected chi connectivity index (χ2v) is 5.22. The minimum Gasteiger partial charge on any atom is -0.329 e. The summed E-state index contributed by atoms with van der Waals surface area (Å²) in [5.41, 5.74) is 6.67. The second kappa shape index (κ2) is 4.87. The third kappa shape index (κ3) is 3.36. The summed E-state index contributed by atoms with van der Waals surface area (Å²) in [5.74, 6) is 0. The van der Waals surface area contributed by atoms with Gasteiger partial charge in [-0.1, -0.05) is 20.8 Å². The molecule has 0 unspecified atom stereocenters. The zero-order valence-corrected chi connectivity index (χ0v) is 9.95. The Hall–Kier alpha value is -0.450. The standard InChI is InChI=1S/C10H19N3S/c1-10(2,3)9-13-8(7-14-9)6-12-5-4-11/h7,12H,4-6,11H2,1-3H3. The predicted molar refractivity (Wildman–Crippen MR) is 61.6 cm³/mol. The molecule has 0 aromatic carbocycles. The second-order valence-electron chi connectivity index (χ2n) is 4.36. The Balaban J connectivity index is 2.51. The SMILES string of the molecule is CC(C)(C)c1nc(CNCCN)cs1. The lowest BCUT2D eigenvalue weighted by Gasteiger charge is -2.13. The van der Waals surface area contributed by atoms with E-state index in [0.29, 0.717) is 6.54 Å². The first-order valence-electron chi connectivity index (χ1n) is 4.89. The van der Waals surface area contributed by atoms with Crippen LogP contribution >= 0.6 is 11.3 Å². The quantitative estimate of drug-likeness (QED) is 0.745. The van der Waals surface area contributed by atoms with Gasteiger partial charge in [0.25, 0.3) is 0 Å². The molecule has 0 bridgehead atoms. The number of hydrogen-bond acceptors (Lipinski definition) is 4. The Labute approximate surface area is 89.7 Å². The molecular formula is C10H19N3S. The van der Waals surface area contributed by atoms with E-state index in [1.807, 2.05) is 0 Å². The largest absolute Gasteiger partial charge is 0.329 e. The van der Waals surface area contributed by atoms with Gasteiger partial charge in [-0.2, -0.15) is 0 Å². The van der Waals surface area contributed by atoms with E-state index < -0.39 is 0 Å². The fourth-order valence-corrected chi connectivity index (χ4v) is 1.96. The van der Waals surface area contributed by atoms with Crippen molar-refractivity contribution >= 4 is 11.3 Å². The van der Waals surface area contributed by atoms with Crippen LogP contribution in [0.5, 0.6) is 0 Å². The molecule has 14 heavy (non-hydrogen) atoms. The molecule has 1 aromatic rings. The van der Waals surface area contributed by atoms with Crippen LogP contribution in [-0.2, 0) is 12.0 Å². The molecule has 80 valence electrons. The Bertz CT molecular complexity index is 275. The van der Waals surface area contributed by atoms with Crippen molar-refractivity contribution in [3.05, 3.63) is 16.1 Å². The topological polar surface area (TPSA) is 50.9 Å². The average molecular weight is 213 g/mol. The molecule has 3 nitrogen and oxygen atoms in total. The number of aromatic nitrogens is 1. The summed E-state index contributed by atoms with van der Waals surface area (Å²) in [6.45, 7) is 8.90. The van der Waals surface area contributed by atoms with Crippen molar-refractivity contribution in [2.45, 2.75) is 32.7 Å². The van der Waals surface area contributed by atoms with Crippen LogP contribution in [-0.4, -0.2) is 18.1 Å². The predicted octanol–water partition coefficient (Wildman–Crippen LogP) is 1.49. The lowest BCUT2D eigenvalue weighted by Crippen LogP contribution is -2.22. The van der Waals surface area contributed by atoms with Crippen molar-refractivity contribution in [2.75, 3.05) is 13.1 Å². The van der Waals surface area contributed by atoms with Crippen molar-refractivity contribution in [1.29, 1.82) is 0 Å². The van der Waals surface area contributed by atoms with Crippen LogP contribution in [0.3, 0.4) is 0 Å². The van der Waals surface area contributed by atoms with Gasteiger partial charge in [-0.3, -0.25) is 0 Å². The smallest absolute Gasteiger partial charge is 0.0982 e. The molecule has 0 spiro atoms. The number of thiazole rings is 1. The highest BCUT2D eigenvalue weighted by Crippen LogP contribution is 2.25. The van der Waals surface area contributed by atoms with Gasteiger partial charge in [-0.05, 0) is 0 Å². The van der Waals surface area contributed by atoms with E-state index in [1.165, 1.54) is 5.01 Å². The summed E-state index contributed by atoms with van der Waals surface area (Å²) < 4.78 is 0.